The van der Waals surface area contributed by atoms with Crippen LogP contribution in [0.1, 0.15) is 65.7 Å². The van der Waals surface area contributed by atoms with Gasteiger partial charge in [-0.3, -0.25) is 4.79 Å². The number of carbonyl (C=O) groups excluding carboxylic acids is 1. The molecule has 0 N–H and O–H groups in total. The SMILES string of the molecule is CC1(C)C(=O)/C2=C/CCCCCCCC21C. The van der Waals surface area contributed by atoms with E-state index in [1.807, 2.05) is 0 Å². The molecule has 0 amide bonds. The zero-order valence-corrected chi connectivity index (χ0v) is 10.9. The van der Waals surface area contributed by atoms with Crippen molar-refractivity contribution in [2.45, 2.75) is 65.7 Å². The van der Waals surface area contributed by atoms with E-state index < -0.39 is 0 Å². The molecule has 0 saturated heterocycles. The number of carbonyl (C=O) groups is 1. The molecule has 0 radical (unpaired) electrons. The highest BCUT2D eigenvalue weighted by atomic mass is 16.1. The van der Waals surface area contributed by atoms with E-state index in [9.17, 15) is 4.79 Å². The lowest BCUT2D eigenvalue weighted by molar-refractivity contribution is -0.141. The van der Waals surface area contributed by atoms with Gasteiger partial charge in [-0.1, -0.05) is 52.5 Å². The number of rotatable bonds is 0. The molecule has 90 valence electrons. The van der Waals surface area contributed by atoms with Gasteiger partial charge < -0.3 is 0 Å². The van der Waals surface area contributed by atoms with Crippen LogP contribution in [0.25, 0.3) is 0 Å². The standard InChI is InChI=1S/C15H24O/c1-14(2)13(16)12-10-8-6-4-5-7-9-11-15(12,14)3/h10H,4-9,11H2,1-3H3/b12-10-. The van der Waals surface area contributed by atoms with Crippen LogP contribution in [0.15, 0.2) is 11.6 Å². The van der Waals surface area contributed by atoms with Gasteiger partial charge in [-0.25, -0.2) is 0 Å². The zero-order valence-electron chi connectivity index (χ0n) is 10.9. The second-order valence-corrected chi connectivity index (χ2v) is 6.21. The fourth-order valence-electron chi connectivity index (χ4n) is 3.28. The molecule has 1 heteroatoms. The summed E-state index contributed by atoms with van der Waals surface area (Å²) in [5.74, 6) is 0.399. The molecule has 2 aliphatic rings. The highest BCUT2D eigenvalue weighted by Crippen LogP contribution is 2.60. The third-order valence-electron chi connectivity index (χ3n) is 5.02. The molecule has 0 spiro atoms. The molecule has 0 aromatic carbocycles. The van der Waals surface area contributed by atoms with Gasteiger partial charge in [-0.2, -0.15) is 0 Å². The van der Waals surface area contributed by atoms with E-state index in [0.29, 0.717) is 5.78 Å². The summed E-state index contributed by atoms with van der Waals surface area (Å²) in [6.45, 7) is 6.54. The van der Waals surface area contributed by atoms with Crippen LogP contribution in [-0.2, 0) is 4.79 Å². The first-order valence-corrected chi connectivity index (χ1v) is 6.75. The van der Waals surface area contributed by atoms with Crippen LogP contribution in [0.5, 0.6) is 0 Å². The van der Waals surface area contributed by atoms with Gasteiger partial charge in [-0.15, -0.1) is 0 Å². The molecule has 0 aromatic rings. The van der Waals surface area contributed by atoms with Crippen molar-refractivity contribution in [2.24, 2.45) is 10.8 Å². The highest BCUT2D eigenvalue weighted by Gasteiger charge is 2.59. The average Bonchev–Trinajstić information content (AvgIpc) is 2.26. The largest absolute Gasteiger partial charge is 0.294 e. The fourth-order valence-corrected chi connectivity index (χ4v) is 3.28. The Labute approximate surface area is 99.3 Å². The summed E-state index contributed by atoms with van der Waals surface area (Å²) in [5, 5.41) is 0. The third kappa shape index (κ3) is 1.56. The van der Waals surface area contributed by atoms with Crippen LogP contribution in [0.4, 0.5) is 0 Å². The summed E-state index contributed by atoms with van der Waals surface area (Å²) in [7, 11) is 0. The summed E-state index contributed by atoms with van der Waals surface area (Å²) in [6.07, 6.45) is 11.1. The van der Waals surface area contributed by atoms with Crippen molar-refractivity contribution in [3.05, 3.63) is 11.6 Å². The second-order valence-electron chi connectivity index (χ2n) is 6.21. The van der Waals surface area contributed by atoms with E-state index in [2.05, 4.69) is 26.8 Å². The van der Waals surface area contributed by atoms with E-state index in [1.54, 1.807) is 0 Å². The summed E-state index contributed by atoms with van der Waals surface area (Å²) in [6, 6.07) is 0. The van der Waals surface area contributed by atoms with Gasteiger partial charge in [0.25, 0.3) is 0 Å². The summed E-state index contributed by atoms with van der Waals surface area (Å²) in [5.41, 5.74) is 1.17. The number of ketones is 1. The summed E-state index contributed by atoms with van der Waals surface area (Å²) >= 11 is 0. The maximum Gasteiger partial charge on any atom is 0.165 e. The normalized spacial score (nSPS) is 37.9. The van der Waals surface area contributed by atoms with Crippen LogP contribution in [0.3, 0.4) is 0 Å². The maximum absolute atomic E-state index is 12.1. The summed E-state index contributed by atoms with van der Waals surface area (Å²) < 4.78 is 0. The van der Waals surface area contributed by atoms with Gasteiger partial charge in [0.05, 0.1) is 0 Å². The van der Waals surface area contributed by atoms with Crippen LogP contribution < -0.4 is 0 Å². The molecule has 0 bridgehead atoms. The Morgan fingerprint density at radius 2 is 1.62 bits per heavy atom. The van der Waals surface area contributed by atoms with Gasteiger partial charge in [0, 0.05) is 10.8 Å². The molecule has 2 aliphatic carbocycles. The zero-order chi connectivity index (χ0) is 11.8. The van der Waals surface area contributed by atoms with Crippen LogP contribution >= 0.6 is 0 Å². The molecule has 16 heavy (non-hydrogen) atoms. The van der Waals surface area contributed by atoms with Gasteiger partial charge in [-0.05, 0) is 24.8 Å². The second kappa shape index (κ2) is 4.01. The molecule has 1 fully saturated rings. The minimum atomic E-state index is -0.127. The van der Waals surface area contributed by atoms with E-state index in [-0.39, 0.29) is 10.8 Å². The van der Waals surface area contributed by atoms with Crippen molar-refractivity contribution in [1.82, 2.24) is 0 Å². The lowest BCUT2D eigenvalue weighted by Crippen LogP contribution is -2.56. The lowest BCUT2D eigenvalue weighted by atomic mass is 9.46. The average molecular weight is 220 g/mol. The molecule has 0 aromatic heterocycles. The van der Waals surface area contributed by atoms with Crippen molar-refractivity contribution >= 4 is 5.78 Å². The molecule has 0 heterocycles. The Balaban J connectivity index is 2.25. The Morgan fingerprint density at radius 1 is 1.00 bits per heavy atom. The van der Waals surface area contributed by atoms with Crippen molar-refractivity contribution in [1.29, 1.82) is 0 Å². The van der Waals surface area contributed by atoms with Crippen LogP contribution in [-0.4, -0.2) is 5.78 Å². The number of Topliss-reactive ketones (excluding diaryl/α,β-unsaturated/α-hetero) is 1. The smallest absolute Gasteiger partial charge is 0.165 e. The monoisotopic (exact) mass is 220 g/mol. The van der Waals surface area contributed by atoms with Gasteiger partial charge in [0.1, 0.15) is 0 Å². The topological polar surface area (TPSA) is 17.1 Å². The number of hydrogen-bond acceptors (Lipinski definition) is 1. The van der Waals surface area contributed by atoms with Gasteiger partial charge >= 0.3 is 0 Å². The maximum atomic E-state index is 12.1. The van der Waals surface area contributed by atoms with E-state index >= 15 is 0 Å². The van der Waals surface area contributed by atoms with E-state index in [1.165, 1.54) is 38.5 Å². The highest BCUT2D eigenvalue weighted by molar-refractivity contribution is 6.08. The molecular weight excluding hydrogens is 196 g/mol. The Bertz CT molecular complexity index is 324. The first-order chi connectivity index (χ1) is 7.50. The predicted octanol–water partition coefficient (Wildman–Crippen LogP) is 4.27. The lowest BCUT2D eigenvalue weighted by Gasteiger charge is -2.55. The fraction of sp³-hybridized carbons (Fsp3) is 0.800. The van der Waals surface area contributed by atoms with Crippen molar-refractivity contribution in [2.75, 3.05) is 0 Å². The van der Waals surface area contributed by atoms with E-state index in [4.69, 9.17) is 0 Å². The number of fused-ring (bicyclic) bond motifs is 1. The number of allylic oxidation sites excluding steroid dienone is 2. The Kier molecular flexibility index (Phi) is 2.98. The number of hydrogen-bond donors (Lipinski definition) is 0. The molecule has 2 rings (SSSR count). The summed E-state index contributed by atoms with van der Waals surface area (Å²) in [4.78, 5) is 12.1. The Morgan fingerprint density at radius 3 is 2.38 bits per heavy atom. The van der Waals surface area contributed by atoms with E-state index in [0.717, 1.165) is 12.0 Å². The first kappa shape index (κ1) is 11.9. The van der Waals surface area contributed by atoms with Crippen LogP contribution in [0.2, 0.25) is 0 Å². The van der Waals surface area contributed by atoms with Crippen molar-refractivity contribution in [3.8, 4) is 0 Å². The molecule has 1 saturated carbocycles. The third-order valence-corrected chi connectivity index (χ3v) is 5.02. The minimum Gasteiger partial charge on any atom is -0.294 e. The first-order valence-electron chi connectivity index (χ1n) is 6.75. The van der Waals surface area contributed by atoms with Crippen molar-refractivity contribution < 1.29 is 4.79 Å². The molecular formula is C15H24O. The van der Waals surface area contributed by atoms with Crippen LogP contribution in [0, 0.1) is 10.8 Å². The minimum absolute atomic E-state index is 0.127. The van der Waals surface area contributed by atoms with Gasteiger partial charge in [0.2, 0.25) is 0 Å². The quantitative estimate of drug-likeness (QED) is 0.595. The van der Waals surface area contributed by atoms with Gasteiger partial charge in [0.15, 0.2) is 5.78 Å². The molecule has 1 unspecified atom stereocenters. The predicted molar refractivity (Wildman–Crippen MR) is 67.3 cm³/mol. The molecule has 0 aliphatic heterocycles. The molecule has 1 nitrogen and oxygen atoms in total. The Hall–Kier alpha value is -0.590. The van der Waals surface area contributed by atoms with Crippen molar-refractivity contribution in [3.63, 3.8) is 0 Å². The molecule has 1 atom stereocenters.